The normalized spacial score (nSPS) is 13.0. The van der Waals surface area contributed by atoms with Crippen LogP contribution in [0.4, 0.5) is 26.3 Å². The molecule has 0 spiro atoms. The second-order valence-electron chi connectivity index (χ2n) is 6.63. The van der Waals surface area contributed by atoms with Crippen molar-refractivity contribution in [3.05, 3.63) is 70.8 Å². The van der Waals surface area contributed by atoms with Crippen LogP contribution in [0.15, 0.2) is 48.5 Å². The van der Waals surface area contributed by atoms with Crippen molar-refractivity contribution in [1.29, 1.82) is 0 Å². The molecular weight excluding hydrogens is 416 g/mol. The molecular formula is C20H17F6NO3. The molecule has 0 bridgehead atoms. The molecule has 0 radical (unpaired) electrons. The standard InChI is InChI=1S/C20H17F6NO3/c21-19(22,23)14-5-1-12(2-6-14)9-16(11-18(29)30)27-17(28)10-13-3-7-15(8-4-13)20(24,25)26/h1-8,16H,9-11H2,(H,27,28)(H,29,30). The van der Waals surface area contributed by atoms with Crippen LogP contribution in [0.25, 0.3) is 0 Å². The third-order valence-electron chi connectivity index (χ3n) is 4.20. The first-order valence-electron chi connectivity index (χ1n) is 8.68. The third kappa shape index (κ3) is 7.09. The maximum atomic E-state index is 12.6. The number of alkyl halides is 6. The van der Waals surface area contributed by atoms with Crippen LogP contribution in [-0.2, 0) is 34.8 Å². The minimum absolute atomic E-state index is 0.0246. The molecule has 0 aliphatic rings. The number of benzene rings is 2. The van der Waals surface area contributed by atoms with E-state index in [-0.39, 0.29) is 12.8 Å². The van der Waals surface area contributed by atoms with Crippen LogP contribution in [0.5, 0.6) is 0 Å². The quantitative estimate of drug-likeness (QED) is 0.634. The van der Waals surface area contributed by atoms with Crippen molar-refractivity contribution in [2.45, 2.75) is 37.7 Å². The summed E-state index contributed by atoms with van der Waals surface area (Å²) < 4.78 is 75.6. The maximum absolute atomic E-state index is 12.6. The Kier molecular flexibility index (Phi) is 7.12. The molecule has 0 aliphatic carbocycles. The number of nitrogens with one attached hydrogen (secondary N) is 1. The number of carbonyl (C=O) groups is 2. The van der Waals surface area contributed by atoms with E-state index in [1.165, 1.54) is 12.1 Å². The summed E-state index contributed by atoms with van der Waals surface area (Å²) in [5.74, 6) is -1.84. The van der Waals surface area contributed by atoms with Crippen LogP contribution >= 0.6 is 0 Å². The highest BCUT2D eigenvalue weighted by Gasteiger charge is 2.31. The lowest BCUT2D eigenvalue weighted by Gasteiger charge is -2.18. The molecule has 1 amide bonds. The van der Waals surface area contributed by atoms with Gasteiger partial charge in [-0.1, -0.05) is 24.3 Å². The molecule has 1 atom stereocenters. The number of hydrogen-bond donors (Lipinski definition) is 2. The number of rotatable bonds is 7. The topological polar surface area (TPSA) is 66.4 Å². The van der Waals surface area contributed by atoms with Crippen molar-refractivity contribution in [3.8, 4) is 0 Å². The van der Waals surface area contributed by atoms with Gasteiger partial charge in [-0.05, 0) is 41.8 Å². The number of halogens is 6. The zero-order chi connectivity index (χ0) is 22.5. The minimum Gasteiger partial charge on any atom is -0.481 e. The monoisotopic (exact) mass is 433 g/mol. The number of carboxylic acid groups (broad SMARTS) is 1. The van der Waals surface area contributed by atoms with Gasteiger partial charge in [0.05, 0.1) is 24.0 Å². The minimum atomic E-state index is -4.51. The molecule has 0 aromatic heterocycles. The van der Waals surface area contributed by atoms with E-state index in [2.05, 4.69) is 5.32 Å². The molecule has 30 heavy (non-hydrogen) atoms. The van der Waals surface area contributed by atoms with Crippen molar-refractivity contribution in [2.24, 2.45) is 0 Å². The Morgan fingerprint density at radius 3 is 1.63 bits per heavy atom. The molecule has 2 rings (SSSR count). The van der Waals surface area contributed by atoms with Crippen molar-refractivity contribution in [3.63, 3.8) is 0 Å². The van der Waals surface area contributed by atoms with Gasteiger partial charge in [-0.2, -0.15) is 26.3 Å². The van der Waals surface area contributed by atoms with Gasteiger partial charge in [0.15, 0.2) is 0 Å². The lowest BCUT2D eigenvalue weighted by molar-refractivity contribution is -0.138. The summed E-state index contributed by atoms with van der Waals surface area (Å²) in [6.07, 6.45) is -9.78. The lowest BCUT2D eigenvalue weighted by atomic mass is 10.0. The predicted molar refractivity (Wildman–Crippen MR) is 94.5 cm³/mol. The van der Waals surface area contributed by atoms with E-state index in [4.69, 9.17) is 5.11 Å². The van der Waals surface area contributed by atoms with Gasteiger partial charge in [0.25, 0.3) is 0 Å². The zero-order valence-corrected chi connectivity index (χ0v) is 15.3. The van der Waals surface area contributed by atoms with Crippen LogP contribution in [0, 0.1) is 0 Å². The number of aliphatic carboxylic acids is 1. The predicted octanol–water partition coefficient (Wildman–Crippen LogP) is 4.47. The van der Waals surface area contributed by atoms with Gasteiger partial charge in [-0.25, -0.2) is 0 Å². The SMILES string of the molecule is O=C(O)CC(Cc1ccc(C(F)(F)F)cc1)NC(=O)Cc1ccc(C(F)(F)F)cc1. The van der Waals surface area contributed by atoms with Gasteiger partial charge < -0.3 is 10.4 Å². The van der Waals surface area contributed by atoms with Gasteiger partial charge in [-0.15, -0.1) is 0 Å². The molecule has 2 N–H and O–H groups in total. The van der Waals surface area contributed by atoms with Crippen molar-refractivity contribution >= 4 is 11.9 Å². The van der Waals surface area contributed by atoms with E-state index in [0.29, 0.717) is 11.1 Å². The molecule has 0 aliphatic heterocycles. The molecule has 4 nitrogen and oxygen atoms in total. The highest BCUT2D eigenvalue weighted by atomic mass is 19.4. The van der Waals surface area contributed by atoms with Gasteiger partial charge in [0.2, 0.25) is 5.91 Å². The van der Waals surface area contributed by atoms with E-state index in [1.807, 2.05) is 0 Å². The van der Waals surface area contributed by atoms with E-state index in [0.717, 1.165) is 36.4 Å². The molecule has 0 saturated carbocycles. The summed E-state index contributed by atoms with van der Waals surface area (Å²) in [5, 5.41) is 11.5. The highest BCUT2D eigenvalue weighted by Crippen LogP contribution is 2.30. The van der Waals surface area contributed by atoms with Crippen molar-refractivity contribution in [1.82, 2.24) is 5.32 Å². The maximum Gasteiger partial charge on any atom is 0.416 e. The Labute approximate surface area is 167 Å². The first kappa shape index (κ1) is 23.2. The Morgan fingerprint density at radius 1 is 0.800 bits per heavy atom. The summed E-state index contributed by atoms with van der Waals surface area (Å²) in [4.78, 5) is 23.2. The van der Waals surface area contributed by atoms with E-state index >= 15 is 0 Å². The average molecular weight is 433 g/mol. The lowest BCUT2D eigenvalue weighted by Crippen LogP contribution is -2.39. The van der Waals surface area contributed by atoms with E-state index in [9.17, 15) is 35.9 Å². The first-order valence-corrected chi connectivity index (χ1v) is 8.68. The van der Waals surface area contributed by atoms with Crippen LogP contribution in [0.3, 0.4) is 0 Å². The number of amides is 1. The van der Waals surface area contributed by atoms with Gasteiger partial charge in [0, 0.05) is 6.04 Å². The highest BCUT2D eigenvalue weighted by molar-refractivity contribution is 5.79. The summed E-state index contributed by atoms with van der Waals surface area (Å²) in [7, 11) is 0. The summed E-state index contributed by atoms with van der Waals surface area (Å²) in [6.45, 7) is 0. The fraction of sp³-hybridized carbons (Fsp3) is 0.300. The Hall–Kier alpha value is -3.04. The van der Waals surface area contributed by atoms with Crippen molar-refractivity contribution in [2.75, 3.05) is 0 Å². The first-order chi connectivity index (χ1) is 13.8. The molecule has 0 heterocycles. The van der Waals surface area contributed by atoms with Gasteiger partial charge in [-0.3, -0.25) is 9.59 Å². The number of hydrogen-bond acceptors (Lipinski definition) is 2. The van der Waals surface area contributed by atoms with E-state index in [1.54, 1.807) is 0 Å². The van der Waals surface area contributed by atoms with E-state index < -0.39 is 47.8 Å². The van der Waals surface area contributed by atoms with Crippen LogP contribution in [-0.4, -0.2) is 23.0 Å². The Morgan fingerprint density at radius 2 is 1.23 bits per heavy atom. The smallest absolute Gasteiger partial charge is 0.416 e. The molecule has 162 valence electrons. The second-order valence-corrected chi connectivity index (χ2v) is 6.63. The molecule has 1 unspecified atom stereocenters. The van der Waals surface area contributed by atoms with Gasteiger partial charge in [0.1, 0.15) is 0 Å². The molecule has 10 heteroatoms. The number of carboxylic acids is 1. The third-order valence-corrected chi connectivity index (χ3v) is 4.20. The fourth-order valence-corrected chi connectivity index (χ4v) is 2.78. The largest absolute Gasteiger partial charge is 0.481 e. The molecule has 0 saturated heterocycles. The summed E-state index contributed by atoms with van der Waals surface area (Å²) >= 11 is 0. The zero-order valence-electron chi connectivity index (χ0n) is 15.3. The Balaban J connectivity index is 2.03. The second kappa shape index (κ2) is 9.19. The average Bonchev–Trinajstić information content (AvgIpc) is 2.60. The fourth-order valence-electron chi connectivity index (χ4n) is 2.78. The molecule has 2 aromatic rings. The Bertz CT molecular complexity index is 873. The van der Waals surface area contributed by atoms with Crippen LogP contribution in [0.1, 0.15) is 28.7 Å². The molecule has 2 aromatic carbocycles. The van der Waals surface area contributed by atoms with Gasteiger partial charge >= 0.3 is 18.3 Å². The summed E-state index contributed by atoms with van der Waals surface area (Å²) in [5.41, 5.74) is -1.03. The van der Waals surface area contributed by atoms with Crippen LogP contribution < -0.4 is 5.32 Å². The molecule has 0 fully saturated rings. The number of carbonyl (C=O) groups excluding carboxylic acids is 1. The van der Waals surface area contributed by atoms with Crippen molar-refractivity contribution < 1.29 is 41.0 Å². The summed E-state index contributed by atoms with van der Waals surface area (Å²) in [6, 6.07) is 7.16. The van der Waals surface area contributed by atoms with Crippen LogP contribution in [0.2, 0.25) is 0 Å².